The number of halogens is 1. The van der Waals surface area contributed by atoms with E-state index < -0.39 is 11.7 Å². The molecule has 4 nitrogen and oxygen atoms in total. The minimum Gasteiger partial charge on any atom is -0.444 e. The normalized spacial score (nSPS) is 11.1. The van der Waals surface area contributed by atoms with E-state index in [0.29, 0.717) is 4.34 Å². The van der Waals surface area contributed by atoms with Crippen LogP contribution < -0.4 is 5.32 Å². The number of ketones is 1. The molecule has 0 aliphatic rings. The largest absolute Gasteiger partial charge is 0.444 e. The number of hydrogen-bond acceptors (Lipinski definition) is 4. The summed E-state index contributed by atoms with van der Waals surface area (Å²) in [5.41, 5.74) is 0.224. The maximum Gasteiger partial charge on any atom is 0.408 e. The molecule has 0 saturated heterocycles. The lowest BCUT2D eigenvalue weighted by Crippen LogP contribution is -2.35. The Morgan fingerprint density at radius 1 is 1.44 bits per heavy atom. The zero-order chi connectivity index (χ0) is 13.8. The number of carbonyl (C=O) groups excluding carboxylic acids is 2. The quantitative estimate of drug-likeness (QED) is 0.927. The SMILES string of the molecule is CC(C)(C)OC(=O)NCC(=O)Cc1ccsc1Cl. The summed E-state index contributed by atoms with van der Waals surface area (Å²) in [6.45, 7) is 5.24. The monoisotopic (exact) mass is 289 g/mol. The Bertz CT molecular complexity index is 437. The van der Waals surface area contributed by atoms with Crippen LogP contribution >= 0.6 is 22.9 Å². The highest BCUT2D eigenvalue weighted by Crippen LogP contribution is 2.22. The molecule has 100 valence electrons. The molecule has 0 fully saturated rings. The van der Waals surface area contributed by atoms with Crippen molar-refractivity contribution in [3.63, 3.8) is 0 Å². The number of carbonyl (C=O) groups is 2. The number of thiophene rings is 1. The second kappa shape index (κ2) is 6.20. The predicted molar refractivity (Wildman–Crippen MR) is 72.3 cm³/mol. The maximum atomic E-state index is 11.6. The number of amides is 1. The molecule has 18 heavy (non-hydrogen) atoms. The minimum absolute atomic E-state index is 0.0545. The van der Waals surface area contributed by atoms with Crippen LogP contribution in [0.3, 0.4) is 0 Å². The average molecular weight is 290 g/mol. The Morgan fingerprint density at radius 3 is 2.61 bits per heavy atom. The van der Waals surface area contributed by atoms with Crippen LogP contribution in [0.5, 0.6) is 0 Å². The van der Waals surface area contributed by atoms with E-state index in [9.17, 15) is 9.59 Å². The van der Waals surface area contributed by atoms with Gasteiger partial charge in [0, 0.05) is 6.42 Å². The molecule has 1 heterocycles. The Labute approximate surface area is 115 Å². The lowest BCUT2D eigenvalue weighted by molar-refractivity contribution is -0.117. The number of ether oxygens (including phenoxy) is 1. The van der Waals surface area contributed by atoms with E-state index in [0.717, 1.165) is 5.56 Å². The van der Waals surface area contributed by atoms with Crippen LogP contribution in [-0.2, 0) is 16.0 Å². The molecule has 6 heteroatoms. The van der Waals surface area contributed by atoms with Gasteiger partial charge in [-0.05, 0) is 37.8 Å². The average Bonchev–Trinajstić information content (AvgIpc) is 2.59. The molecule has 1 N–H and O–H groups in total. The van der Waals surface area contributed by atoms with Crippen molar-refractivity contribution in [2.45, 2.75) is 32.8 Å². The third kappa shape index (κ3) is 5.51. The molecule has 0 radical (unpaired) electrons. The van der Waals surface area contributed by atoms with Crippen LogP contribution in [0.15, 0.2) is 11.4 Å². The molecule has 0 aliphatic heterocycles. The van der Waals surface area contributed by atoms with Crippen LogP contribution in [0.4, 0.5) is 4.79 Å². The maximum absolute atomic E-state index is 11.6. The number of rotatable bonds is 4. The third-order valence-electron chi connectivity index (χ3n) is 1.91. The van der Waals surface area contributed by atoms with Gasteiger partial charge in [0.25, 0.3) is 0 Å². The summed E-state index contributed by atoms with van der Waals surface area (Å²) in [6, 6.07) is 1.80. The highest BCUT2D eigenvalue weighted by Gasteiger charge is 2.17. The van der Waals surface area contributed by atoms with Gasteiger partial charge < -0.3 is 10.1 Å². The molecule has 0 bridgehead atoms. The summed E-state index contributed by atoms with van der Waals surface area (Å²) in [4.78, 5) is 22.9. The van der Waals surface area contributed by atoms with Crippen molar-refractivity contribution in [1.29, 1.82) is 0 Å². The predicted octanol–water partition coefficient (Wildman–Crippen LogP) is 3.04. The van der Waals surface area contributed by atoms with Crippen molar-refractivity contribution in [3.05, 3.63) is 21.3 Å². The number of Topliss-reactive ketones (excluding diaryl/α,β-unsaturated/α-hetero) is 1. The fourth-order valence-corrected chi connectivity index (χ4v) is 2.13. The second-order valence-electron chi connectivity index (χ2n) is 4.79. The van der Waals surface area contributed by atoms with Crippen molar-refractivity contribution in [3.8, 4) is 0 Å². The molecule has 1 aromatic heterocycles. The van der Waals surface area contributed by atoms with Gasteiger partial charge in [-0.3, -0.25) is 4.79 Å². The van der Waals surface area contributed by atoms with Gasteiger partial charge in [0.05, 0.1) is 10.9 Å². The number of hydrogen-bond donors (Lipinski definition) is 1. The van der Waals surface area contributed by atoms with Crippen LogP contribution in [0.2, 0.25) is 4.34 Å². The number of nitrogens with one attached hydrogen (secondary N) is 1. The fraction of sp³-hybridized carbons (Fsp3) is 0.500. The Morgan fingerprint density at radius 2 is 2.11 bits per heavy atom. The summed E-state index contributed by atoms with van der Waals surface area (Å²) in [6.07, 6.45) is -0.370. The summed E-state index contributed by atoms with van der Waals surface area (Å²) < 4.78 is 5.63. The first kappa shape index (κ1) is 15.0. The molecule has 0 aromatic carbocycles. The Balaban J connectivity index is 2.34. The van der Waals surface area contributed by atoms with Gasteiger partial charge in [-0.1, -0.05) is 11.6 Å². The van der Waals surface area contributed by atoms with E-state index in [4.69, 9.17) is 16.3 Å². The van der Waals surface area contributed by atoms with E-state index in [1.807, 2.05) is 5.38 Å². The molecule has 1 rings (SSSR count). The minimum atomic E-state index is -0.590. The molecule has 0 spiro atoms. The van der Waals surface area contributed by atoms with Crippen LogP contribution in [0.1, 0.15) is 26.3 Å². The lowest BCUT2D eigenvalue weighted by Gasteiger charge is -2.19. The van der Waals surface area contributed by atoms with Crippen molar-refractivity contribution in [2.75, 3.05) is 6.54 Å². The summed E-state index contributed by atoms with van der Waals surface area (Å²) >= 11 is 7.27. The van der Waals surface area contributed by atoms with Gasteiger partial charge in [-0.2, -0.15) is 0 Å². The first-order valence-electron chi connectivity index (χ1n) is 5.48. The third-order valence-corrected chi connectivity index (χ3v) is 3.16. The highest BCUT2D eigenvalue weighted by atomic mass is 35.5. The Hall–Kier alpha value is -1.07. The zero-order valence-electron chi connectivity index (χ0n) is 10.6. The van der Waals surface area contributed by atoms with Crippen molar-refractivity contribution >= 4 is 34.8 Å². The van der Waals surface area contributed by atoms with Crippen molar-refractivity contribution < 1.29 is 14.3 Å². The van der Waals surface area contributed by atoms with Gasteiger partial charge >= 0.3 is 6.09 Å². The summed E-state index contributed by atoms with van der Waals surface area (Å²) in [5, 5.41) is 4.25. The molecule has 0 aliphatic carbocycles. The topological polar surface area (TPSA) is 55.4 Å². The van der Waals surface area contributed by atoms with Crippen LogP contribution in [0.25, 0.3) is 0 Å². The van der Waals surface area contributed by atoms with E-state index in [2.05, 4.69) is 5.32 Å². The first-order valence-corrected chi connectivity index (χ1v) is 6.74. The standard InChI is InChI=1S/C12H16ClNO3S/c1-12(2,3)17-11(16)14-7-9(15)6-8-4-5-18-10(8)13/h4-5H,6-7H2,1-3H3,(H,14,16). The Kier molecular flexibility index (Phi) is 5.16. The van der Waals surface area contributed by atoms with Crippen molar-refractivity contribution in [1.82, 2.24) is 5.32 Å². The van der Waals surface area contributed by atoms with Crippen LogP contribution in [-0.4, -0.2) is 24.0 Å². The lowest BCUT2D eigenvalue weighted by atomic mass is 10.2. The van der Waals surface area contributed by atoms with E-state index in [1.54, 1.807) is 26.8 Å². The van der Waals surface area contributed by atoms with Gasteiger partial charge in [-0.25, -0.2) is 4.79 Å². The zero-order valence-corrected chi connectivity index (χ0v) is 12.2. The second-order valence-corrected chi connectivity index (χ2v) is 6.31. The molecule has 0 unspecified atom stereocenters. The van der Waals surface area contributed by atoms with Gasteiger partial charge in [0.1, 0.15) is 5.60 Å². The first-order chi connectivity index (χ1) is 8.28. The molecular formula is C12H16ClNO3S. The van der Waals surface area contributed by atoms with E-state index in [-0.39, 0.29) is 18.7 Å². The van der Waals surface area contributed by atoms with E-state index >= 15 is 0 Å². The van der Waals surface area contributed by atoms with Crippen molar-refractivity contribution in [2.24, 2.45) is 0 Å². The van der Waals surface area contributed by atoms with Gasteiger partial charge in [0.15, 0.2) is 5.78 Å². The molecule has 0 saturated carbocycles. The van der Waals surface area contributed by atoms with Crippen LogP contribution in [0, 0.1) is 0 Å². The molecule has 0 atom stereocenters. The smallest absolute Gasteiger partial charge is 0.408 e. The number of alkyl carbamates (subject to hydrolysis) is 1. The molecular weight excluding hydrogens is 274 g/mol. The summed E-state index contributed by atoms with van der Waals surface area (Å²) in [5.74, 6) is -0.110. The van der Waals surface area contributed by atoms with Gasteiger partial charge in [-0.15, -0.1) is 11.3 Å². The molecule has 1 amide bonds. The summed E-state index contributed by atoms with van der Waals surface area (Å²) in [7, 11) is 0. The highest BCUT2D eigenvalue weighted by molar-refractivity contribution is 7.14. The van der Waals surface area contributed by atoms with E-state index in [1.165, 1.54) is 11.3 Å². The van der Waals surface area contributed by atoms with Gasteiger partial charge in [0.2, 0.25) is 0 Å². The fourth-order valence-electron chi connectivity index (χ4n) is 1.21. The molecule has 1 aromatic rings.